The zero-order chi connectivity index (χ0) is 21.6. The largest absolute Gasteiger partial charge is 0.454 e. The molecule has 3 heterocycles. The molecule has 2 aliphatic heterocycles. The normalized spacial score (nSPS) is 15.9. The van der Waals surface area contributed by atoms with Crippen LogP contribution in [0.15, 0.2) is 48.5 Å². The van der Waals surface area contributed by atoms with Gasteiger partial charge in [0.15, 0.2) is 21.3 Å². The van der Waals surface area contributed by atoms with Crippen LogP contribution in [-0.4, -0.2) is 30.9 Å². The Morgan fingerprint density at radius 2 is 1.94 bits per heavy atom. The van der Waals surface area contributed by atoms with E-state index >= 15 is 0 Å². The first-order valence-corrected chi connectivity index (χ1v) is 11.5. The van der Waals surface area contributed by atoms with Crippen LogP contribution in [-0.2, 0) is 26.1 Å². The lowest BCUT2D eigenvalue weighted by molar-refractivity contribution is -0.111. The lowest BCUT2D eigenvalue weighted by Crippen LogP contribution is -2.15. The zero-order valence-corrected chi connectivity index (χ0v) is 17.5. The number of rotatable bonds is 4. The number of aryl methyl sites for hydroxylation is 1. The molecule has 0 unspecified atom stereocenters. The number of ether oxygens (including phenoxy) is 2. The van der Waals surface area contributed by atoms with Gasteiger partial charge in [0.05, 0.1) is 22.9 Å². The number of hydrogen-bond donors (Lipinski definition) is 1. The summed E-state index contributed by atoms with van der Waals surface area (Å²) in [5, 5.41) is 7.33. The smallest absolute Gasteiger partial charge is 0.249 e. The summed E-state index contributed by atoms with van der Waals surface area (Å²) in [6, 6.07) is 13.0. The topological polar surface area (TPSA) is 99.5 Å². The van der Waals surface area contributed by atoms with Crippen molar-refractivity contribution in [3.05, 3.63) is 70.9 Å². The third-order valence-corrected chi connectivity index (χ3v) is 6.64. The summed E-state index contributed by atoms with van der Waals surface area (Å²) in [6.45, 7) is 2.11. The van der Waals surface area contributed by atoms with E-state index in [0.29, 0.717) is 28.6 Å². The Hall–Kier alpha value is -3.59. The third kappa shape index (κ3) is 3.68. The highest BCUT2D eigenvalue weighted by Crippen LogP contribution is 2.34. The van der Waals surface area contributed by atoms with Crippen LogP contribution in [0.2, 0.25) is 0 Å². The van der Waals surface area contributed by atoms with Gasteiger partial charge in [-0.3, -0.25) is 4.79 Å². The van der Waals surface area contributed by atoms with Gasteiger partial charge in [0.1, 0.15) is 5.82 Å². The minimum Gasteiger partial charge on any atom is -0.454 e. The molecular weight excluding hydrogens is 418 g/mol. The van der Waals surface area contributed by atoms with Crippen LogP contribution in [0.25, 0.3) is 11.8 Å². The number of carbonyl (C=O) groups is 1. The molecule has 5 rings (SSSR count). The minimum atomic E-state index is -3.26. The number of anilines is 1. The molecule has 3 aromatic rings. The monoisotopic (exact) mass is 437 g/mol. The molecule has 8 nitrogen and oxygen atoms in total. The third-order valence-electron chi connectivity index (χ3n) is 5.20. The second kappa shape index (κ2) is 7.28. The Morgan fingerprint density at radius 3 is 2.77 bits per heavy atom. The quantitative estimate of drug-likeness (QED) is 0.630. The molecule has 0 bridgehead atoms. The van der Waals surface area contributed by atoms with Crippen molar-refractivity contribution in [1.29, 1.82) is 0 Å². The fourth-order valence-electron chi connectivity index (χ4n) is 3.69. The first kappa shape index (κ1) is 19.4. The Kier molecular flexibility index (Phi) is 4.55. The van der Waals surface area contributed by atoms with Crippen molar-refractivity contribution < 1.29 is 22.7 Å². The standard InChI is InChI=1S/C22H19N3O5S/c1-14-4-2-3-5-18(14)25-22(16-11-31(27,28)12-17(16)24-25)23-21(26)9-7-15-6-8-19-20(10-15)30-13-29-19/h2-10H,11-13H2,1H3,(H,23,26). The summed E-state index contributed by atoms with van der Waals surface area (Å²) in [7, 11) is -3.26. The van der Waals surface area contributed by atoms with E-state index in [2.05, 4.69) is 10.4 Å². The SMILES string of the molecule is Cc1ccccc1-n1nc2c(c1NC(=O)C=Cc1ccc3c(c1)OCO3)CS(=O)(=O)C2. The fraction of sp³-hybridized carbons (Fsp3) is 0.182. The molecule has 0 atom stereocenters. The van der Waals surface area contributed by atoms with Gasteiger partial charge in [-0.25, -0.2) is 13.1 Å². The van der Waals surface area contributed by atoms with Gasteiger partial charge in [-0.15, -0.1) is 0 Å². The number of nitrogens with one attached hydrogen (secondary N) is 1. The number of hydrogen-bond acceptors (Lipinski definition) is 6. The highest BCUT2D eigenvalue weighted by molar-refractivity contribution is 7.90. The molecule has 0 spiro atoms. The molecule has 0 saturated carbocycles. The van der Waals surface area contributed by atoms with Crippen molar-refractivity contribution in [2.75, 3.05) is 12.1 Å². The summed E-state index contributed by atoms with van der Waals surface area (Å²) in [4.78, 5) is 12.7. The minimum absolute atomic E-state index is 0.128. The molecule has 2 aromatic carbocycles. The van der Waals surface area contributed by atoms with Crippen LogP contribution >= 0.6 is 0 Å². The molecule has 0 saturated heterocycles. The Labute approximate surface area is 179 Å². The van der Waals surface area contributed by atoms with E-state index in [-0.39, 0.29) is 24.2 Å². The predicted molar refractivity (Wildman–Crippen MR) is 115 cm³/mol. The second-order valence-electron chi connectivity index (χ2n) is 7.44. The molecule has 0 fully saturated rings. The van der Waals surface area contributed by atoms with E-state index in [1.54, 1.807) is 22.9 Å². The fourth-order valence-corrected chi connectivity index (χ4v) is 5.19. The van der Waals surface area contributed by atoms with Gasteiger partial charge in [-0.1, -0.05) is 24.3 Å². The highest BCUT2D eigenvalue weighted by Gasteiger charge is 2.33. The van der Waals surface area contributed by atoms with Gasteiger partial charge in [-0.05, 0) is 42.3 Å². The van der Waals surface area contributed by atoms with E-state index < -0.39 is 9.84 Å². The number of amides is 1. The van der Waals surface area contributed by atoms with E-state index in [1.807, 2.05) is 37.3 Å². The Balaban J connectivity index is 1.45. The molecule has 0 aliphatic carbocycles. The summed E-state index contributed by atoms with van der Waals surface area (Å²) in [6.07, 6.45) is 3.05. The number of nitrogens with zero attached hydrogens (tertiary/aromatic N) is 2. The van der Waals surface area contributed by atoms with Gasteiger partial charge in [0, 0.05) is 11.6 Å². The van der Waals surface area contributed by atoms with E-state index in [9.17, 15) is 13.2 Å². The molecule has 0 radical (unpaired) electrons. The second-order valence-corrected chi connectivity index (χ2v) is 9.50. The number of carbonyl (C=O) groups excluding carboxylic acids is 1. The molecular formula is C22H19N3O5S. The van der Waals surface area contributed by atoms with Gasteiger partial charge in [0.25, 0.3) is 0 Å². The average Bonchev–Trinajstić information content (AvgIpc) is 3.40. The molecule has 31 heavy (non-hydrogen) atoms. The van der Waals surface area contributed by atoms with Crippen molar-refractivity contribution >= 4 is 27.6 Å². The maximum Gasteiger partial charge on any atom is 0.249 e. The first-order chi connectivity index (χ1) is 14.9. The predicted octanol–water partition coefficient (Wildman–Crippen LogP) is 2.99. The Morgan fingerprint density at radius 1 is 1.13 bits per heavy atom. The van der Waals surface area contributed by atoms with Crippen LogP contribution < -0.4 is 14.8 Å². The highest BCUT2D eigenvalue weighted by atomic mass is 32.2. The number of para-hydroxylation sites is 1. The summed E-state index contributed by atoms with van der Waals surface area (Å²) in [5.41, 5.74) is 3.52. The van der Waals surface area contributed by atoms with Gasteiger partial charge in [-0.2, -0.15) is 5.10 Å². The molecule has 1 aromatic heterocycles. The van der Waals surface area contributed by atoms with Crippen LogP contribution in [0.5, 0.6) is 11.5 Å². The van der Waals surface area contributed by atoms with Crippen molar-refractivity contribution in [3.63, 3.8) is 0 Å². The maximum absolute atomic E-state index is 12.7. The molecule has 9 heteroatoms. The molecule has 1 N–H and O–H groups in total. The number of sulfone groups is 1. The number of benzene rings is 2. The van der Waals surface area contributed by atoms with Crippen molar-refractivity contribution in [3.8, 4) is 17.2 Å². The molecule has 2 aliphatic rings. The summed E-state index contributed by atoms with van der Waals surface area (Å²) >= 11 is 0. The maximum atomic E-state index is 12.7. The van der Waals surface area contributed by atoms with Gasteiger partial charge >= 0.3 is 0 Å². The summed E-state index contributed by atoms with van der Waals surface area (Å²) < 4.78 is 36.5. The van der Waals surface area contributed by atoms with Crippen LogP contribution in [0, 0.1) is 6.92 Å². The van der Waals surface area contributed by atoms with Crippen molar-refractivity contribution in [1.82, 2.24) is 9.78 Å². The average molecular weight is 437 g/mol. The van der Waals surface area contributed by atoms with E-state index in [1.165, 1.54) is 6.08 Å². The molecule has 1 amide bonds. The van der Waals surface area contributed by atoms with Crippen LogP contribution in [0.4, 0.5) is 5.82 Å². The Bertz CT molecular complexity index is 1340. The lowest BCUT2D eigenvalue weighted by Gasteiger charge is -2.12. The number of fused-ring (bicyclic) bond motifs is 2. The van der Waals surface area contributed by atoms with Crippen molar-refractivity contribution in [2.24, 2.45) is 0 Å². The van der Waals surface area contributed by atoms with E-state index in [0.717, 1.165) is 16.8 Å². The lowest BCUT2D eigenvalue weighted by atomic mass is 10.2. The zero-order valence-electron chi connectivity index (χ0n) is 16.7. The van der Waals surface area contributed by atoms with E-state index in [4.69, 9.17) is 9.47 Å². The van der Waals surface area contributed by atoms with Gasteiger partial charge < -0.3 is 14.8 Å². The van der Waals surface area contributed by atoms with Crippen LogP contribution in [0.3, 0.4) is 0 Å². The summed E-state index contributed by atoms with van der Waals surface area (Å²) in [5.74, 6) is 1.02. The first-order valence-electron chi connectivity index (χ1n) is 9.65. The van der Waals surface area contributed by atoms with Crippen molar-refractivity contribution in [2.45, 2.75) is 18.4 Å². The van der Waals surface area contributed by atoms with Crippen LogP contribution in [0.1, 0.15) is 22.4 Å². The number of aromatic nitrogens is 2. The van der Waals surface area contributed by atoms with Gasteiger partial charge in [0.2, 0.25) is 12.7 Å². The molecule has 158 valence electrons.